The second-order valence-electron chi connectivity index (χ2n) is 4.51. The van der Waals surface area contributed by atoms with Gasteiger partial charge in [0.2, 0.25) is 0 Å². The fourth-order valence-electron chi connectivity index (χ4n) is 1.97. The number of nitrogens with zero attached hydrogens (tertiary/aromatic N) is 3. The molecule has 1 amide bonds. The number of aromatic nitrogens is 3. The minimum atomic E-state index is -0.235. The maximum atomic E-state index is 12.4. The molecule has 0 aliphatic rings. The number of pyridine rings is 1. The van der Waals surface area contributed by atoms with Crippen LogP contribution in [0.4, 0.5) is 5.13 Å². The molecular formula is C13H12N4O2S. The van der Waals surface area contributed by atoms with Crippen LogP contribution < -0.4 is 5.32 Å². The summed E-state index contributed by atoms with van der Waals surface area (Å²) in [6, 6.07) is 1.72. The van der Waals surface area contributed by atoms with Gasteiger partial charge in [-0.05, 0) is 26.8 Å². The normalized spacial score (nSPS) is 10.9. The highest BCUT2D eigenvalue weighted by Crippen LogP contribution is 2.23. The molecule has 3 heterocycles. The molecule has 3 aromatic rings. The van der Waals surface area contributed by atoms with Crippen molar-refractivity contribution in [3.05, 3.63) is 34.1 Å². The molecule has 0 bridgehead atoms. The fraction of sp³-hybridized carbons (Fsp3) is 0.231. The highest BCUT2D eigenvalue weighted by molar-refractivity contribution is 7.13. The summed E-state index contributed by atoms with van der Waals surface area (Å²) in [5, 5.41) is 9.74. The molecule has 1 N–H and O–H groups in total. The molecule has 0 spiro atoms. The number of hydrogen-bond acceptors (Lipinski definition) is 6. The van der Waals surface area contributed by atoms with E-state index in [4.69, 9.17) is 4.52 Å². The Bertz CT molecular complexity index is 806. The molecule has 0 aliphatic carbocycles. The van der Waals surface area contributed by atoms with Gasteiger partial charge in [-0.1, -0.05) is 5.16 Å². The number of hydrogen-bond donors (Lipinski definition) is 1. The van der Waals surface area contributed by atoms with E-state index in [0.29, 0.717) is 33.2 Å². The number of carbonyl (C=O) groups excluding carboxylic acids is 1. The van der Waals surface area contributed by atoms with Crippen LogP contribution in [-0.2, 0) is 0 Å². The third-order valence-corrected chi connectivity index (χ3v) is 3.70. The number of aryl methyl sites for hydroxylation is 3. The van der Waals surface area contributed by atoms with E-state index < -0.39 is 0 Å². The van der Waals surface area contributed by atoms with E-state index >= 15 is 0 Å². The zero-order chi connectivity index (χ0) is 14.3. The van der Waals surface area contributed by atoms with Crippen LogP contribution in [-0.4, -0.2) is 21.0 Å². The summed E-state index contributed by atoms with van der Waals surface area (Å²) in [7, 11) is 0. The number of carbonyl (C=O) groups is 1. The van der Waals surface area contributed by atoms with Gasteiger partial charge in [0, 0.05) is 11.1 Å². The van der Waals surface area contributed by atoms with Gasteiger partial charge in [0.15, 0.2) is 5.13 Å². The molecule has 7 heteroatoms. The lowest BCUT2D eigenvalue weighted by molar-refractivity contribution is 0.102. The molecule has 3 aromatic heterocycles. The highest BCUT2D eigenvalue weighted by Gasteiger charge is 2.18. The Morgan fingerprint density at radius 2 is 2.05 bits per heavy atom. The van der Waals surface area contributed by atoms with Crippen LogP contribution in [0.5, 0.6) is 0 Å². The smallest absolute Gasteiger partial charge is 0.258 e. The van der Waals surface area contributed by atoms with Gasteiger partial charge in [0.05, 0.1) is 22.3 Å². The zero-order valence-corrected chi connectivity index (χ0v) is 12.0. The van der Waals surface area contributed by atoms with Gasteiger partial charge in [-0.2, -0.15) is 0 Å². The second-order valence-corrected chi connectivity index (χ2v) is 5.37. The summed E-state index contributed by atoms with van der Waals surface area (Å²) in [6.45, 7) is 5.47. The summed E-state index contributed by atoms with van der Waals surface area (Å²) in [6.07, 6.45) is 0. The topological polar surface area (TPSA) is 80.9 Å². The van der Waals surface area contributed by atoms with Crippen LogP contribution in [0.25, 0.3) is 11.1 Å². The van der Waals surface area contributed by atoms with Crippen molar-refractivity contribution in [2.45, 2.75) is 20.8 Å². The summed E-state index contributed by atoms with van der Waals surface area (Å²) in [5.41, 5.74) is 3.10. The van der Waals surface area contributed by atoms with E-state index in [1.807, 2.05) is 19.2 Å². The van der Waals surface area contributed by atoms with Crippen LogP contribution >= 0.6 is 11.3 Å². The first-order valence-corrected chi connectivity index (χ1v) is 6.89. The SMILES string of the molecule is Cc1csc(NC(=O)c2cc(C)nc3onc(C)c23)n1. The van der Waals surface area contributed by atoms with Crippen molar-refractivity contribution in [3.63, 3.8) is 0 Å². The predicted molar refractivity (Wildman–Crippen MR) is 76.1 cm³/mol. The monoisotopic (exact) mass is 288 g/mol. The third-order valence-electron chi connectivity index (χ3n) is 2.83. The van der Waals surface area contributed by atoms with Crippen molar-refractivity contribution < 1.29 is 9.32 Å². The number of thiazole rings is 1. The Morgan fingerprint density at radius 3 is 2.75 bits per heavy atom. The van der Waals surface area contributed by atoms with Crippen LogP contribution in [0.1, 0.15) is 27.4 Å². The quantitative estimate of drug-likeness (QED) is 0.784. The van der Waals surface area contributed by atoms with Gasteiger partial charge in [-0.3, -0.25) is 10.1 Å². The van der Waals surface area contributed by atoms with Gasteiger partial charge in [0.25, 0.3) is 11.6 Å². The van der Waals surface area contributed by atoms with Crippen LogP contribution in [0.15, 0.2) is 16.0 Å². The van der Waals surface area contributed by atoms with Crippen molar-refractivity contribution in [2.24, 2.45) is 0 Å². The Labute approximate surface area is 118 Å². The molecule has 102 valence electrons. The number of amides is 1. The minimum absolute atomic E-state index is 0.235. The molecule has 0 atom stereocenters. The Hall–Kier alpha value is -2.28. The zero-order valence-electron chi connectivity index (χ0n) is 11.2. The molecule has 0 saturated carbocycles. The number of fused-ring (bicyclic) bond motifs is 1. The van der Waals surface area contributed by atoms with Gasteiger partial charge in [-0.15, -0.1) is 11.3 Å². The number of anilines is 1. The van der Waals surface area contributed by atoms with E-state index in [2.05, 4.69) is 20.4 Å². The summed E-state index contributed by atoms with van der Waals surface area (Å²) >= 11 is 1.39. The molecule has 0 fully saturated rings. The van der Waals surface area contributed by atoms with Crippen molar-refractivity contribution in [1.82, 2.24) is 15.1 Å². The average molecular weight is 288 g/mol. The summed E-state index contributed by atoms with van der Waals surface area (Å²) in [5.74, 6) is -0.235. The standard InChI is InChI=1S/C13H12N4O2S/c1-6-4-9(10-8(3)17-19-12(10)14-6)11(18)16-13-15-7(2)5-20-13/h4-5H,1-3H3,(H,15,16,18). The summed E-state index contributed by atoms with van der Waals surface area (Å²) < 4.78 is 5.12. The lowest BCUT2D eigenvalue weighted by atomic mass is 10.1. The van der Waals surface area contributed by atoms with E-state index in [1.54, 1.807) is 13.0 Å². The molecule has 20 heavy (non-hydrogen) atoms. The maximum Gasteiger partial charge on any atom is 0.258 e. The Balaban J connectivity index is 2.04. The molecule has 0 aromatic carbocycles. The predicted octanol–water partition coefficient (Wildman–Crippen LogP) is 2.86. The fourth-order valence-corrected chi connectivity index (χ4v) is 2.66. The Morgan fingerprint density at radius 1 is 1.25 bits per heavy atom. The van der Waals surface area contributed by atoms with Crippen LogP contribution in [0.3, 0.4) is 0 Å². The molecule has 0 saturated heterocycles. The molecular weight excluding hydrogens is 276 g/mol. The van der Waals surface area contributed by atoms with Crippen molar-refractivity contribution >= 4 is 33.5 Å². The van der Waals surface area contributed by atoms with Crippen molar-refractivity contribution in [2.75, 3.05) is 5.32 Å². The van der Waals surface area contributed by atoms with Crippen molar-refractivity contribution in [3.8, 4) is 0 Å². The lowest BCUT2D eigenvalue weighted by Gasteiger charge is -2.04. The molecule has 0 radical (unpaired) electrons. The Kier molecular flexibility index (Phi) is 2.98. The molecule has 0 aliphatic heterocycles. The first-order chi connectivity index (χ1) is 9.54. The largest absolute Gasteiger partial charge is 0.336 e. The van der Waals surface area contributed by atoms with Gasteiger partial charge in [0.1, 0.15) is 0 Å². The second kappa shape index (κ2) is 4.68. The summed E-state index contributed by atoms with van der Waals surface area (Å²) in [4.78, 5) is 20.8. The van der Waals surface area contributed by atoms with Crippen molar-refractivity contribution in [1.29, 1.82) is 0 Å². The van der Waals surface area contributed by atoms with E-state index in [0.717, 1.165) is 5.69 Å². The first-order valence-electron chi connectivity index (χ1n) is 6.01. The highest BCUT2D eigenvalue weighted by atomic mass is 32.1. The van der Waals surface area contributed by atoms with E-state index in [1.165, 1.54) is 11.3 Å². The molecule has 6 nitrogen and oxygen atoms in total. The maximum absolute atomic E-state index is 12.4. The first kappa shape index (κ1) is 12.7. The third kappa shape index (κ3) is 2.16. The number of nitrogens with one attached hydrogen (secondary N) is 1. The van der Waals surface area contributed by atoms with E-state index in [9.17, 15) is 4.79 Å². The van der Waals surface area contributed by atoms with Gasteiger partial charge >= 0.3 is 0 Å². The van der Waals surface area contributed by atoms with Gasteiger partial charge in [-0.25, -0.2) is 9.97 Å². The average Bonchev–Trinajstić information content (AvgIpc) is 2.95. The van der Waals surface area contributed by atoms with E-state index in [-0.39, 0.29) is 5.91 Å². The van der Waals surface area contributed by atoms with Crippen LogP contribution in [0.2, 0.25) is 0 Å². The van der Waals surface area contributed by atoms with Crippen LogP contribution in [0, 0.1) is 20.8 Å². The number of rotatable bonds is 2. The molecule has 0 unspecified atom stereocenters. The lowest BCUT2D eigenvalue weighted by Crippen LogP contribution is -2.13. The minimum Gasteiger partial charge on any atom is -0.336 e. The van der Waals surface area contributed by atoms with Gasteiger partial charge < -0.3 is 4.52 Å². The molecule has 3 rings (SSSR count).